The minimum Gasteiger partial charge on any atom is -0.478 e. The Bertz CT molecular complexity index is 723. The number of rotatable bonds is 3. The van der Waals surface area contributed by atoms with E-state index in [1.165, 1.54) is 12.1 Å². The van der Waals surface area contributed by atoms with E-state index in [1.807, 2.05) is 25.1 Å². The van der Waals surface area contributed by atoms with Gasteiger partial charge in [0, 0.05) is 16.9 Å². The Morgan fingerprint density at radius 3 is 2.57 bits per heavy atom. The first kappa shape index (κ1) is 13.2. The van der Waals surface area contributed by atoms with Gasteiger partial charge in [-0.1, -0.05) is 17.7 Å². The highest BCUT2D eigenvalue weighted by Gasteiger charge is 2.30. The zero-order chi connectivity index (χ0) is 15.0. The molecule has 1 amide bonds. The van der Waals surface area contributed by atoms with Crippen LogP contribution in [0.15, 0.2) is 42.5 Å². The third-order valence-corrected chi connectivity index (χ3v) is 3.48. The lowest BCUT2D eigenvalue weighted by molar-refractivity contribution is -0.116. The molecule has 5 heteroatoms. The van der Waals surface area contributed by atoms with E-state index in [0.717, 1.165) is 16.8 Å². The number of carbonyl (C=O) groups excluding carboxylic acids is 1. The van der Waals surface area contributed by atoms with E-state index >= 15 is 0 Å². The Balaban J connectivity index is 1.87. The second-order valence-corrected chi connectivity index (χ2v) is 5.04. The summed E-state index contributed by atoms with van der Waals surface area (Å²) < 4.78 is 0. The van der Waals surface area contributed by atoms with Gasteiger partial charge < -0.3 is 15.7 Å². The van der Waals surface area contributed by atoms with Gasteiger partial charge in [0.05, 0.1) is 5.56 Å². The van der Waals surface area contributed by atoms with Gasteiger partial charge in [-0.2, -0.15) is 0 Å². The predicted octanol–water partition coefficient (Wildman–Crippen LogP) is 2.80. The molecule has 1 aliphatic rings. The first-order valence-electron chi connectivity index (χ1n) is 6.56. The van der Waals surface area contributed by atoms with Gasteiger partial charge in [0.1, 0.15) is 6.04 Å². The molecule has 0 saturated carbocycles. The van der Waals surface area contributed by atoms with Crippen molar-refractivity contribution >= 4 is 23.3 Å². The lowest BCUT2D eigenvalue weighted by Gasteiger charge is -2.13. The molecule has 21 heavy (non-hydrogen) atoms. The van der Waals surface area contributed by atoms with E-state index in [2.05, 4.69) is 10.6 Å². The number of amides is 1. The summed E-state index contributed by atoms with van der Waals surface area (Å²) in [5.41, 5.74) is 3.72. The number of aryl methyl sites for hydroxylation is 1. The van der Waals surface area contributed by atoms with Gasteiger partial charge >= 0.3 is 5.97 Å². The van der Waals surface area contributed by atoms with Crippen molar-refractivity contribution in [3.8, 4) is 0 Å². The highest BCUT2D eigenvalue weighted by molar-refractivity contribution is 6.04. The quantitative estimate of drug-likeness (QED) is 0.809. The van der Waals surface area contributed by atoms with Crippen LogP contribution >= 0.6 is 0 Å². The number of carboxylic acids is 1. The maximum atomic E-state index is 12.1. The molecule has 2 aromatic rings. The van der Waals surface area contributed by atoms with Crippen LogP contribution in [0.1, 0.15) is 27.5 Å². The molecule has 106 valence electrons. The maximum Gasteiger partial charge on any atom is 0.335 e. The summed E-state index contributed by atoms with van der Waals surface area (Å²) in [6.07, 6.45) is 0. The van der Waals surface area contributed by atoms with Gasteiger partial charge in [-0.25, -0.2) is 4.79 Å². The smallest absolute Gasteiger partial charge is 0.335 e. The largest absolute Gasteiger partial charge is 0.478 e. The number of fused-ring (bicyclic) bond motifs is 1. The van der Waals surface area contributed by atoms with Crippen LogP contribution in [-0.4, -0.2) is 17.0 Å². The normalized spacial score (nSPS) is 16.2. The number of carboxylic acid groups (broad SMARTS) is 1. The fourth-order valence-electron chi connectivity index (χ4n) is 2.40. The number of carbonyl (C=O) groups is 2. The topological polar surface area (TPSA) is 78.4 Å². The van der Waals surface area contributed by atoms with Crippen molar-refractivity contribution in [1.29, 1.82) is 0 Å². The number of hydrogen-bond donors (Lipinski definition) is 3. The second kappa shape index (κ2) is 4.94. The molecule has 5 nitrogen and oxygen atoms in total. The van der Waals surface area contributed by atoms with Gasteiger partial charge in [0.15, 0.2) is 0 Å². The number of aromatic carboxylic acids is 1. The van der Waals surface area contributed by atoms with E-state index in [0.29, 0.717) is 5.69 Å². The molecule has 1 heterocycles. The van der Waals surface area contributed by atoms with Gasteiger partial charge in [-0.3, -0.25) is 4.79 Å². The van der Waals surface area contributed by atoms with Crippen LogP contribution in [0.4, 0.5) is 11.4 Å². The lowest BCUT2D eigenvalue weighted by Crippen LogP contribution is -2.19. The van der Waals surface area contributed by atoms with Crippen LogP contribution in [-0.2, 0) is 4.79 Å². The van der Waals surface area contributed by atoms with Crippen molar-refractivity contribution < 1.29 is 14.7 Å². The summed E-state index contributed by atoms with van der Waals surface area (Å²) >= 11 is 0. The van der Waals surface area contributed by atoms with Gasteiger partial charge in [0.25, 0.3) is 5.91 Å². The molecule has 1 aliphatic heterocycles. The average Bonchev–Trinajstić information content (AvgIpc) is 2.76. The Morgan fingerprint density at radius 2 is 1.90 bits per heavy atom. The zero-order valence-corrected chi connectivity index (χ0v) is 11.4. The maximum absolute atomic E-state index is 12.1. The van der Waals surface area contributed by atoms with Crippen molar-refractivity contribution in [2.75, 3.05) is 10.6 Å². The first-order chi connectivity index (χ1) is 10.0. The highest BCUT2D eigenvalue weighted by Crippen LogP contribution is 2.33. The first-order valence-corrected chi connectivity index (χ1v) is 6.56. The molecule has 0 radical (unpaired) electrons. The minimum atomic E-state index is -0.971. The SMILES string of the molecule is Cc1ccc2c(c1)C(Nc1ccc(C(=O)O)cc1)C(=O)N2. The molecule has 0 saturated heterocycles. The third kappa shape index (κ3) is 2.45. The van der Waals surface area contributed by atoms with Gasteiger partial charge in [0.2, 0.25) is 0 Å². The molecule has 1 unspecified atom stereocenters. The molecule has 0 spiro atoms. The number of hydrogen-bond acceptors (Lipinski definition) is 3. The summed E-state index contributed by atoms with van der Waals surface area (Å²) in [7, 11) is 0. The number of benzene rings is 2. The molecule has 2 aromatic carbocycles. The van der Waals surface area contributed by atoms with Crippen LogP contribution < -0.4 is 10.6 Å². The predicted molar refractivity (Wildman–Crippen MR) is 79.6 cm³/mol. The third-order valence-electron chi connectivity index (χ3n) is 3.48. The van der Waals surface area contributed by atoms with E-state index in [1.54, 1.807) is 12.1 Å². The Hall–Kier alpha value is -2.82. The average molecular weight is 282 g/mol. The van der Waals surface area contributed by atoms with Crippen molar-refractivity contribution in [2.45, 2.75) is 13.0 Å². The molecule has 3 N–H and O–H groups in total. The number of anilines is 2. The van der Waals surface area contributed by atoms with Crippen molar-refractivity contribution in [3.05, 3.63) is 59.2 Å². The number of nitrogens with one attached hydrogen (secondary N) is 2. The molecule has 1 atom stereocenters. The lowest BCUT2D eigenvalue weighted by atomic mass is 10.0. The van der Waals surface area contributed by atoms with E-state index in [9.17, 15) is 9.59 Å². The van der Waals surface area contributed by atoms with Crippen molar-refractivity contribution in [1.82, 2.24) is 0 Å². The summed E-state index contributed by atoms with van der Waals surface area (Å²) in [5.74, 6) is -1.08. The molecule has 0 fully saturated rings. The summed E-state index contributed by atoms with van der Waals surface area (Å²) in [6.45, 7) is 1.97. The summed E-state index contributed by atoms with van der Waals surface area (Å²) in [6, 6.07) is 11.7. The monoisotopic (exact) mass is 282 g/mol. The minimum absolute atomic E-state index is 0.113. The van der Waals surface area contributed by atoms with Crippen LogP contribution in [0.25, 0.3) is 0 Å². The Morgan fingerprint density at radius 1 is 1.19 bits per heavy atom. The second-order valence-electron chi connectivity index (χ2n) is 5.04. The summed E-state index contributed by atoms with van der Waals surface area (Å²) in [4.78, 5) is 22.9. The standard InChI is InChI=1S/C16H14N2O3/c1-9-2-7-13-12(8-9)14(15(19)18-13)17-11-5-3-10(4-6-11)16(20)21/h2-8,14,17H,1H3,(H,18,19)(H,20,21). The Labute approximate surface area is 121 Å². The molecule has 0 aromatic heterocycles. The van der Waals surface area contributed by atoms with Crippen LogP contribution in [0, 0.1) is 6.92 Å². The van der Waals surface area contributed by atoms with Crippen molar-refractivity contribution in [3.63, 3.8) is 0 Å². The molecular formula is C16H14N2O3. The van der Waals surface area contributed by atoms with Crippen LogP contribution in [0.2, 0.25) is 0 Å². The van der Waals surface area contributed by atoms with E-state index in [4.69, 9.17) is 5.11 Å². The van der Waals surface area contributed by atoms with Gasteiger partial charge in [-0.15, -0.1) is 0 Å². The molecule has 3 rings (SSSR count). The molecule has 0 bridgehead atoms. The zero-order valence-electron chi connectivity index (χ0n) is 11.4. The van der Waals surface area contributed by atoms with Gasteiger partial charge in [-0.05, 0) is 37.3 Å². The van der Waals surface area contributed by atoms with Crippen molar-refractivity contribution in [2.24, 2.45) is 0 Å². The molecular weight excluding hydrogens is 268 g/mol. The fourth-order valence-corrected chi connectivity index (χ4v) is 2.40. The highest BCUT2D eigenvalue weighted by atomic mass is 16.4. The van der Waals surface area contributed by atoms with Crippen LogP contribution in [0.3, 0.4) is 0 Å². The fraction of sp³-hybridized carbons (Fsp3) is 0.125. The Kier molecular flexibility index (Phi) is 3.10. The van der Waals surface area contributed by atoms with Crippen LogP contribution in [0.5, 0.6) is 0 Å². The van der Waals surface area contributed by atoms with E-state index in [-0.39, 0.29) is 11.5 Å². The van der Waals surface area contributed by atoms with E-state index < -0.39 is 12.0 Å². The summed E-state index contributed by atoms with van der Waals surface area (Å²) in [5, 5.41) is 14.8. The molecule has 0 aliphatic carbocycles.